The Balaban J connectivity index is 1.87. The Morgan fingerprint density at radius 2 is 1.93 bits per heavy atom. The fraction of sp³-hybridized carbons (Fsp3) is 0.211. The Labute approximate surface area is 170 Å². The summed E-state index contributed by atoms with van der Waals surface area (Å²) >= 11 is 0. The van der Waals surface area contributed by atoms with Crippen LogP contribution in [0.3, 0.4) is 0 Å². The summed E-state index contributed by atoms with van der Waals surface area (Å²) in [5, 5.41) is 15.4. The number of nitrogens with zero attached hydrogens (tertiary/aromatic N) is 1. The third-order valence-corrected chi connectivity index (χ3v) is 3.81. The molecule has 1 atom stereocenters. The minimum absolute atomic E-state index is 0.0395. The van der Waals surface area contributed by atoms with Crippen molar-refractivity contribution >= 4 is 29.2 Å². The van der Waals surface area contributed by atoms with Crippen LogP contribution >= 0.6 is 0 Å². The van der Waals surface area contributed by atoms with Crippen LogP contribution in [-0.4, -0.2) is 42.5 Å². The van der Waals surface area contributed by atoms with Gasteiger partial charge < -0.3 is 20.1 Å². The number of anilines is 1. The van der Waals surface area contributed by atoms with Crippen molar-refractivity contribution in [3.8, 4) is 5.75 Å². The molecule has 0 aliphatic carbocycles. The van der Waals surface area contributed by atoms with Crippen LogP contribution in [0.2, 0.25) is 0 Å². The predicted molar refractivity (Wildman–Crippen MR) is 103 cm³/mol. The normalized spacial score (nSPS) is 11.2. The Bertz CT molecular complexity index is 980. The van der Waals surface area contributed by atoms with Crippen LogP contribution < -0.4 is 15.4 Å². The maximum absolute atomic E-state index is 13.3. The van der Waals surface area contributed by atoms with E-state index in [0.29, 0.717) is 5.75 Å². The highest BCUT2D eigenvalue weighted by atomic mass is 19.1. The van der Waals surface area contributed by atoms with E-state index in [4.69, 9.17) is 9.47 Å². The van der Waals surface area contributed by atoms with E-state index in [0.717, 1.165) is 18.2 Å². The minimum atomic E-state index is -1.27. The van der Waals surface area contributed by atoms with Crippen LogP contribution in [0.15, 0.2) is 42.5 Å². The second kappa shape index (κ2) is 9.96. The van der Waals surface area contributed by atoms with E-state index in [1.807, 2.05) is 0 Å². The topological polar surface area (TPSA) is 137 Å². The van der Waals surface area contributed by atoms with Gasteiger partial charge in [-0.25, -0.2) is 0 Å². The van der Waals surface area contributed by atoms with Crippen LogP contribution in [-0.2, 0) is 14.3 Å². The third-order valence-electron chi connectivity index (χ3n) is 3.81. The monoisotopic (exact) mass is 419 g/mol. The highest BCUT2D eigenvalue weighted by Crippen LogP contribution is 2.21. The summed E-state index contributed by atoms with van der Waals surface area (Å²) in [5.74, 6) is -2.79. The molecular formula is C19H18FN3O7. The van der Waals surface area contributed by atoms with Gasteiger partial charge in [0.05, 0.1) is 12.0 Å². The van der Waals surface area contributed by atoms with Gasteiger partial charge in [0.25, 0.3) is 11.8 Å². The van der Waals surface area contributed by atoms with E-state index in [9.17, 15) is 28.9 Å². The smallest absolute Gasteiger partial charge is 0.326 e. The Morgan fingerprint density at radius 3 is 2.60 bits per heavy atom. The zero-order valence-corrected chi connectivity index (χ0v) is 16.0. The van der Waals surface area contributed by atoms with Crippen LogP contribution in [0.5, 0.6) is 5.75 Å². The average Bonchev–Trinajstić information content (AvgIpc) is 2.73. The molecule has 0 radical (unpaired) electrons. The van der Waals surface area contributed by atoms with E-state index < -0.39 is 46.9 Å². The molecule has 0 fully saturated rings. The number of hydrogen-bond acceptors (Lipinski definition) is 7. The first-order valence-electron chi connectivity index (χ1n) is 8.57. The summed E-state index contributed by atoms with van der Waals surface area (Å²) in [5.41, 5.74) is -0.578. The van der Waals surface area contributed by atoms with Gasteiger partial charge in [0.15, 0.2) is 6.10 Å². The Morgan fingerprint density at radius 1 is 1.20 bits per heavy atom. The second-order valence-electron chi connectivity index (χ2n) is 5.96. The van der Waals surface area contributed by atoms with Gasteiger partial charge in [0.1, 0.15) is 12.3 Å². The molecule has 2 amide bonds. The molecule has 10 nitrogen and oxygen atoms in total. The molecule has 2 aromatic rings. The average molecular weight is 419 g/mol. The summed E-state index contributed by atoms with van der Waals surface area (Å²) in [6, 6.07) is 9.08. The van der Waals surface area contributed by atoms with Crippen molar-refractivity contribution in [2.75, 3.05) is 19.0 Å². The number of halogens is 1. The lowest BCUT2D eigenvalue weighted by atomic mass is 10.2. The van der Waals surface area contributed by atoms with Gasteiger partial charge in [-0.3, -0.25) is 24.5 Å². The first-order valence-corrected chi connectivity index (χ1v) is 8.57. The Kier molecular flexibility index (Phi) is 7.39. The fourth-order valence-electron chi connectivity index (χ4n) is 2.29. The van der Waals surface area contributed by atoms with E-state index in [1.165, 1.54) is 26.2 Å². The first kappa shape index (κ1) is 22.3. The molecule has 2 rings (SSSR count). The maximum atomic E-state index is 13.3. The SMILES string of the molecule is COc1cccc(C(=O)NCC(=O)OC(C)C(=O)Nc2ccc(F)c([N+](=O)[O-])c2)c1. The number of esters is 1. The van der Waals surface area contributed by atoms with Crippen molar-refractivity contribution in [1.82, 2.24) is 5.32 Å². The van der Waals surface area contributed by atoms with Crippen LogP contribution in [0.25, 0.3) is 0 Å². The number of carbonyl (C=O) groups is 3. The zero-order valence-electron chi connectivity index (χ0n) is 16.0. The van der Waals surface area contributed by atoms with Gasteiger partial charge in [-0.15, -0.1) is 0 Å². The summed E-state index contributed by atoms with van der Waals surface area (Å²) in [7, 11) is 1.45. The van der Waals surface area contributed by atoms with Crippen molar-refractivity contribution in [2.45, 2.75) is 13.0 Å². The molecule has 0 aliphatic rings. The number of carbonyl (C=O) groups excluding carboxylic acids is 3. The number of benzene rings is 2. The second-order valence-corrected chi connectivity index (χ2v) is 5.96. The van der Waals surface area contributed by atoms with Gasteiger partial charge in [-0.1, -0.05) is 6.07 Å². The number of hydrogen-bond donors (Lipinski definition) is 2. The summed E-state index contributed by atoms with van der Waals surface area (Å²) in [6.45, 7) is 0.782. The third kappa shape index (κ3) is 5.99. The van der Waals surface area contributed by atoms with E-state index >= 15 is 0 Å². The molecular weight excluding hydrogens is 401 g/mol. The largest absolute Gasteiger partial charge is 0.497 e. The molecule has 0 heterocycles. The number of nitro groups is 1. The van der Waals surface area contributed by atoms with Crippen LogP contribution in [0.4, 0.5) is 15.8 Å². The lowest BCUT2D eigenvalue weighted by molar-refractivity contribution is -0.387. The quantitative estimate of drug-likeness (QED) is 0.379. The predicted octanol–water partition coefficient (Wildman–Crippen LogP) is 2.04. The number of methoxy groups -OCH3 is 1. The number of nitro benzene ring substituents is 1. The standard InChI is InChI=1S/C19H18FN3O7/c1-11(18(25)22-13-6-7-15(20)16(9-13)23(27)28)30-17(24)10-21-19(26)12-4-3-5-14(8-12)29-2/h3-9,11H,10H2,1-2H3,(H,21,26)(H,22,25). The van der Waals surface area contributed by atoms with E-state index in [2.05, 4.69) is 10.6 Å². The number of amides is 2. The molecule has 0 saturated heterocycles. The fourth-order valence-corrected chi connectivity index (χ4v) is 2.29. The lowest BCUT2D eigenvalue weighted by Gasteiger charge is -2.14. The van der Waals surface area contributed by atoms with Crippen molar-refractivity contribution in [3.63, 3.8) is 0 Å². The summed E-state index contributed by atoms with van der Waals surface area (Å²) < 4.78 is 23.3. The van der Waals surface area contributed by atoms with Gasteiger partial charge in [0, 0.05) is 17.3 Å². The van der Waals surface area contributed by atoms with Gasteiger partial charge in [-0.2, -0.15) is 4.39 Å². The molecule has 0 bridgehead atoms. The van der Waals surface area contributed by atoms with Gasteiger partial charge >= 0.3 is 11.7 Å². The molecule has 30 heavy (non-hydrogen) atoms. The van der Waals surface area contributed by atoms with Gasteiger partial charge in [0.2, 0.25) is 5.82 Å². The number of nitrogens with one attached hydrogen (secondary N) is 2. The number of ether oxygens (including phenoxy) is 2. The zero-order chi connectivity index (χ0) is 22.3. The maximum Gasteiger partial charge on any atom is 0.326 e. The molecule has 0 aliphatic heterocycles. The highest BCUT2D eigenvalue weighted by Gasteiger charge is 2.21. The van der Waals surface area contributed by atoms with Crippen molar-refractivity contribution in [1.29, 1.82) is 0 Å². The van der Waals surface area contributed by atoms with Crippen molar-refractivity contribution in [2.24, 2.45) is 0 Å². The van der Waals surface area contributed by atoms with E-state index in [-0.39, 0.29) is 11.3 Å². The molecule has 2 aromatic carbocycles. The van der Waals surface area contributed by atoms with Crippen molar-refractivity contribution < 1.29 is 33.2 Å². The first-order chi connectivity index (χ1) is 14.2. The van der Waals surface area contributed by atoms with E-state index in [1.54, 1.807) is 12.1 Å². The van der Waals surface area contributed by atoms with Crippen LogP contribution in [0.1, 0.15) is 17.3 Å². The van der Waals surface area contributed by atoms with Crippen molar-refractivity contribution in [3.05, 3.63) is 64.0 Å². The highest BCUT2D eigenvalue weighted by molar-refractivity contribution is 5.97. The number of rotatable bonds is 8. The lowest BCUT2D eigenvalue weighted by Crippen LogP contribution is -2.35. The Hall–Kier alpha value is -4.02. The molecule has 158 valence electrons. The molecule has 0 saturated carbocycles. The molecule has 1 unspecified atom stereocenters. The molecule has 2 N–H and O–H groups in total. The molecule has 11 heteroatoms. The van der Waals surface area contributed by atoms with Gasteiger partial charge in [-0.05, 0) is 37.3 Å². The minimum Gasteiger partial charge on any atom is -0.497 e. The molecule has 0 spiro atoms. The molecule has 0 aromatic heterocycles. The summed E-state index contributed by atoms with van der Waals surface area (Å²) in [6.07, 6.45) is -1.27. The van der Waals surface area contributed by atoms with Crippen LogP contribution in [0, 0.1) is 15.9 Å². The summed E-state index contributed by atoms with van der Waals surface area (Å²) in [4.78, 5) is 45.8.